The molecular weight excluding hydrogens is 308 g/mol. The Bertz CT molecular complexity index is 402. The summed E-state index contributed by atoms with van der Waals surface area (Å²) in [7, 11) is 0. The van der Waals surface area contributed by atoms with Gasteiger partial charge in [0.15, 0.2) is 0 Å². The predicted molar refractivity (Wildman–Crippen MR) is 67.9 cm³/mol. The zero-order chi connectivity index (χ0) is 13.4. The van der Waals surface area contributed by atoms with E-state index in [0.717, 1.165) is 23.5 Å². The molecule has 1 aromatic rings. The Labute approximate surface area is 113 Å². The number of hydrogen-bond acceptors (Lipinski definition) is 2. The quantitative estimate of drug-likeness (QED) is 0.619. The minimum atomic E-state index is -0.732. The van der Waals surface area contributed by atoms with Crippen LogP contribution < -0.4 is 5.32 Å². The predicted octanol–water partition coefficient (Wildman–Crippen LogP) is 2.50. The highest BCUT2D eigenvalue weighted by Crippen LogP contribution is 2.09. The van der Waals surface area contributed by atoms with Crippen LogP contribution in [0, 0.1) is 11.6 Å². The van der Waals surface area contributed by atoms with Crippen LogP contribution in [0.4, 0.5) is 8.78 Å². The lowest BCUT2D eigenvalue weighted by Crippen LogP contribution is -2.26. The van der Waals surface area contributed by atoms with E-state index in [4.69, 9.17) is 4.74 Å². The van der Waals surface area contributed by atoms with E-state index in [1.807, 2.05) is 0 Å². The van der Waals surface area contributed by atoms with Gasteiger partial charge in [0.2, 0.25) is 0 Å². The van der Waals surface area contributed by atoms with Crippen LogP contribution in [0.2, 0.25) is 0 Å². The highest BCUT2D eigenvalue weighted by Gasteiger charge is 2.11. The molecule has 0 aliphatic heterocycles. The zero-order valence-electron chi connectivity index (χ0n) is 9.72. The van der Waals surface area contributed by atoms with Gasteiger partial charge in [0.25, 0.3) is 5.91 Å². The van der Waals surface area contributed by atoms with Crippen LogP contribution in [-0.4, -0.2) is 31.0 Å². The van der Waals surface area contributed by atoms with Crippen molar-refractivity contribution in [3.8, 4) is 0 Å². The molecule has 6 heteroatoms. The number of halogens is 3. The molecule has 0 fully saturated rings. The molecule has 0 heterocycles. The average molecular weight is 322 g/mol. The van der Waals surface area contributed by atoms with Gasteiger partial charge < -0.3 is 10.1 Å². The molecule has 1 aromatic carbocycles. The van der Waals surface area contributed by atoms with Crippen LogP contribution in [0.3, 0.4) is 0 Å². The van der Waals surface area contributed by atoms with E-state index < -0.39 is 17.5 Å². The summed E-state index contributed by atoms with van der Waals surface area (Å²) in [5.41, 5.74) is -0.281. The molecular formula is C12H14BrF2NO2. The first-order valence-corrected chi connectivity index (χ1v) is 6.64. The molecule has 0 aromatic heterocycles. The van der Waals surface area contributed by atoms with E-state index in [1.165, 1.54) is 0 Å². The molecule has 18 heavy (non-hydrogen) atoms. The fraction of sp³-hybridized carbons (Fsp3) is 0.417. The van der Waals surface area contributed by atoms with Gasteiger partial charge in [0.05, 0.1) is 12.2 Å². The van der Waals surface area contributed by atoms with Crippen molar-refractivity contribution < 1.29 is 18.3 Å². The molecule has 0 saturated carbocycles. The summed E-state index contributed by atoms with van der Waals surface area (Å²) in [5, 5.41) is 3.26. The Kier molecular flexibility index (Phi) is 6.82. The summed E-state index contributed by atoms with van der Waals surface area (Å²) in [4.78, 5) is 11.5. The number of nitrogens with one attached hydrogen (secondary N) is 1. The minimum Gasteiger partial charge on any atom is -0.381 e. The van der Waals surface area contributed by atoms with E-state index in [0.29, 0.717) is 26.2 Å². The second-order valence-corrected chi connectivity index (χ2v) is 4.33. The molecule has 0 aliphatic carbocycles. The van der Waals surface area contributed by atoms with E-state index in [1.54, 1.807) is 0 Å². The summed E-state index contributed by atoms with van der Waals surface area (Å²) in [6, 6.07) is 2.79. The van der Waals surface area contributed by atoms with Gasteiger partial charge in [-0.25, -0.2) is 8.78 Å². The second kappa shape index (κ2) is 8.16. The second-order valence-electron chi connectivity index (χ2n) is 3.53. The molecule has 100 valence electrons. The van der Waals surface area contributed by atoms with Crippen molar-refractivity contribution in [2.45, 2.75) is 6.42 Å². The van der Waals surface area contributed by atoms with Crippen molar-refractivity contribution in [1.29, 1.82) is 0 Å². The van der Waals surface area contributed by atoms with Crippen molar-refractivity contribution in [2.75, 3.05) is 25.1 Å². The van der Waals surface area contributed by atoms with Crippen molar-refractivity contribution in [3.05, 3.63) is 35.4 Å². The maximum absolute atomic E-state index is 13.2. The third kappa shape index (κ3) is 5.10. The smallest absolute Gasteiger partial charge is 0.254 e. The highest BCUT2D eigenvalue weighted by atomic mass is 79.9. The first kappa shape index (κ1) is 15.0. The maximum atomic E-state index is 13.2. The Morgan fingerprint density at radius 2 is 2.11 bits per heavy atom. The maximum Gasteiger partial charge on any atom is 0.254 e. The van der Waals surface area contributed by atoms with E-state index >= 15 is 0 Å². The summed E-state index contributed by atoms with van der Waals surface area (Å²) >= 11 is 3.22. The van der Waals surface area contributed by atoms with Gasteiger partial charge in [-0.2, -0.15) is 0 Å². The molecule has 0 radical (unpaired) electrons. The number of alkyl halides is 1. The SMILES string of the molecule is O=C(NCCCOCCBr)c1cc(F)ccc1F. The zero-order valence-corrected chi connectivity index (χ0v) is 11.3. The van der Waals surface area contributed by atoms with Gasteiger partial charge in [-0.3, -0.25) is 4.79 Å². The van der Waals surface area contributed by atoms with Crippen LogP contribution in [0.25, 0.3) is 0 Å². The molecule has 0 spiro atoms. The molecule has 0 saturated heterocycles. The highest BCUT2D eigenvalue weighted by molar-refractivity contribution is 9.09. The number of carbonyl (C=O) groups excluding carboxylic acids is 1. The molecule has 1 N–H and O–H groups in total. The van der Waals surface area contributed by atoms with Gasteiger partial charge in [0, 0.05) is 18.5 Å². The normalized spacial score (nSPS) is 10.4. The first-order chi connectivity index (χ1) is 8.65. The van der Waals surface area contributed by atoms with Crippen molar-refractivity contribution >= 4 is 21.8 Å². The number of carbonyl (C=O) groups is 1. The number of rotatable bonds is 7. The lowest BCUT2D eigenvalue weighted by atomic mass is 10.2. The number of benzene rings is 1. The van der Waals surface area contributed by atoms with Crippen molar-refractivity contribution in [2.24, 2.45) is 0 Å². The summed E-state index contributed by atoms with van der Waals surface area (Å²) in [5.74, 6) is -1.99. The van der Waals surface area contributed by atoms with Crippen LogP contribution in [0.5, 0.6) is 0 Å². The Balaban J connectivity index is 2.34. The molecule has 0 aliphatic rings. The van der Waals surface area contributed by atoms with Crippen LogP contribution >= 0.6 is 15.9 Å². The number of ether oxygens (including phenoxy) is 1. The van der Waals surface area contributed by atoms with Crippen molar-refractivity contribution in [1.82, 2.24) is 5.32 Å². The average Bonchev–Trinajstić information content (AvgIpc) is 2.36. The first-order valence-electron chi connectivity index (χ1n) is 5.52. The number of amides is 1. The van der Waals surface area contributed by atoms with E-state index in [2.05, 4.69) is 21.2 Å². The molecule has 0 unspecified atom stereocenters. The molecule has 3 nitrogen and oxygen atoms in total. The minimum absolute atomic E-state index is 0.281. The lowest BCUT2D eigenvalue weighted by Gasteiger charge is -2.06. The monoisotopic (exact) mass is 321 g/mol. The topological polar surface area (TPSA) is 38.3 Å². The molecule has 0 bridgehead atoms. The van der Waals surface area contributed by atoms with Gasteiger partial charge in [-0.15, -0.1) is 0 Å². The van der Waals surface area contributed by atoms with E-state index in [-0.39, 0.29) is 5.56 Å². The van der Waals surface area contributed by atoms with Gasteiger partial charge in [-0.1, -0.05) is 15.9 Å². The van der Waals surface area contributed by atoms with Crippen LogP contribution in [0.15, 0.2) is 18.2 Å². The third-order valence-electron chi connectivity index (χ3n) is 2.15. The Morgan fingerprint density at radius 1 is 1.33 bits per heavy atom. The van der Waals surface area contributed by atoms with Gasteiger partial charge in [-0.05, 0) is 24.6 Å². The van der Waals surface area contributed by atoms with Gasteiger partial charge >= 0.3 is 0 Å². The van der Waals surface area contributed by atoms with Crippen molar-refractivity contribution in [3.63, 3.8) is 0 Å². The van der Waals surface area contributed by atoms with Crippen LogP contribution in [-0.2, 0) is 4.74 Å². The standard InChI is InChI=1S/C12H14BrF2NO2/c13-4-7-18-6-1-5-16-12(17)10-8-9(14)2-3-11(10)15/h2-3,8H,1,4-7H2,(H,16,17). The fourth-order valence-electron chi connectivity index (χ4n) is 1.30. The Hall–Kier alpha value is -1.01. The van der Waals surface area contributed by atoms with E-state index in [9.17, 15) is 13.6 Å². The molecule has 1 amide bonds. The Morgan fingerprint density at radius 3 is 2.83 bits per heavy atom. The third-order valence-corrected chi connectivity index (χ3v) is 2.47. The van der Waals surface area contributed by atoms with Crippen LogP contribution in [0.1, 0.15) is 16.8 Å². The van der Waals surface area contributed by atoms with Gasteiger partial charge in [0.1, 0.15) is 11.6 Å². The lowest BCUT2D eigenvalue weighted by molar-refractivity contribution is 0.0940. The molecule has 0 atom stereocenters. The molecule has 1 rings (SSSR count). The number of hydrogen-bond donors (Lipinski definition) is 1. The largest absolute Gasteiger partial charge is 0.381 e. The summed E-state index contributed by atoms with van der Waals surface area (Å²) in [6.07, 6.45) is 0.621. The fourth-order valence-corrected chi connectivity index (χ4v) is 1.53. The summed E-state index contributed by atoms with van der Waals surface area (Å²) < 4.78 is 31.3. The summed E-state index contributed by atoms with van der Waals surface area (Å²) in [6.45, 7) is 1.47.